The maximum absolute atomic E-state index is 12.9. The van der Waals surface area contributed by atoms with Gasteiger partial charge >= 0.3 is 0 Å². The van der Waals surface area contributed by atoms with Crippen molar-refractivity contribution in [2.24, 2.45) is 0 Å². The first-order valence-electron chi connectivity index (χ1n) is 6.91. The highest BCUT2D eigenvalue weighted by atomic mass is 19.1. The third-order valence-corrected chi connectivity index (χ3v) is 3.47. The van der Waals surface area contributed by atoms with Crippen LogP contribution in [-0.2, 0) is 0 Å². The molecule has 0 aliphatic rings. The van der Waals surface area contributed by atoms with Crippen LogP contribution in [0.25, 0.3) is 0 Å². The van der Waals surface area contributed by atoms with Crippen molar-refractivity contribution in [1.82, 2.24) is 5.32 Å². The third-order valence-electron chi connectivity index (χ3n) is 3.47. The van der Waals surface area contributed by atoms with Crippen LogP contribution in [0, 0.1) is 5.82 Å². The zero-order chi connectivity index (χ0) is 15.2. The smallest absolute Gasteiger partial charge is 0.123 e. The number of hydrogen-bond donors (Lipinski definition) is 2. The molecule has 112 valence electrons. The molecular formula is C17H20FNO2. The van der Waals surface area contributed by atoms with Crippen molar-refractivity contribution >= 4 is 0 Å². The van der Waals surface area contributed by atoms with E-state index in [2.05, 4.69) is 5.32 Å². The first-order chi connectivity index (χ1) is 10.1. The van der Waals surface area contributed by atoms with Crippen LogP contribution in [0.15, 0.2) is 48.5 Å². The Hall–Kier alpha value is -1.91. The number of rotatable bonds is 6. The standard InChI is InChI=1S/C17H20FNO2/c1-12(13-6-8-15(18)9-7-13)19-11-17(20)14-4-3-5-16(10-14)21-2/h3-10,12,17,19-20H,11H2,1-2H3/t12-,17?/m0/s1. The number of aliphatic hydroxyl groups is 1. The minimum absolute atomic E-state index is 0.0332. The summed E-state index contributed by atoms with van der Waals surface area (Å²) in [7, 11) is 1.60. The average molecular weight is 289 g/mol. The molecule has 0 aromatic heterocycles. The molecule has 0 saturated heterocycles. The lowest BCUT2D eigenvalue weighted by molar-refractivity contribution is 0.170. The van der Waals surface area contributed by atoms with E-state index in [0.29, 0.717) is 6.54 Å². The molecule has 0 fully saturated rings. The summed E-state index contributed by atoms with van der Waals surface area (Å²) in [5.41, 5.74) is 1.78. The minimum Gasteiger partial charge on any atom is -0.497 e. The quantitative estimate of drug-likeness (QED) is 0.858. The van der Waals surface area contributed by atoms with Gasteiger partial charge < -0.3 is 15.2 Å². The number of halogens is 1. The summed E-state index contributed by atoms with van der Waals surface area (Å²) in [6.45, 7) is 2.39. The van der Waals surface area contributed by atoms with Crippen LogP contribution in [0.4, 0.5) is 4.39 Å². The number of ether oxygens (including phenoxy) is 1. The van der Waals surface area contributed by atoms with E-state index in [1.54, 1.807) is 19.2 Å². The molecule has 3 nitrogen and oxygen atoms in total. The Kier molecular flexibility index (Phi) is 5.31. The lowest BCUT2D eigenvalue weighted by Crippen LogP contribution is -2.24. The molecule has 0 radical (unpaired) electrons. The van der Waals surface area contributed by atoms with Crippen LogP contribution in [0.2, 0.25) is 0 Å². The molecule has 0 aliphatic heterocycles. The summed E-state index contributed by atoms with van der Waals surface area (Å²) in [4.78, 5) is 0. The van der Waals surface area contributed by atoms with Crippen LogP contribution in [0.3, 0.4) is 0 Å². The Bertz CT molecular complexity index is 571. The predicted molar refractivity (Wildman–Crippen MR) is 80.8 cm³/mol. The van der Waals surface area contributed by atoms with E-state index in [1.165, 1.54) is 12.1 Å². The van der Waals surface area contributed by atoms with Gasteiger partial charge in [-0.3, -0.25) is 0 Å². The molecule has 0 heterocycles. The average Bonchev–Trinajstić information content (AvgIpc) is 2.53. The molecule has 0 bridgehead atoms. The normalized spacial score (nSPS) is 13.7. The van der Waals surface area contributed by atoms with Gasteiger partial charge in [-0.15, -0.1) is 0 Å². The molecule has 2 aromatic carbocycles. The molecular weight excluding hydrogens is 269 g/mol. The molecule has 2 atom stereocenters. The van der Waals surface area contributed by atoms with Crippen molar-refractivity contribution in [3.05, 3.63) is 65.5 Å². The number of benzene rings is 2. The van der Waals surface area contributed by atoms with E-state index >= 15 is 0 Å². The highest BCUT2D eigenvalue weighted by Gasteiger charge is 2.11. The topological polar surface area (TPSA) is 41.5 Å². The van der Waals surface area contributed by atoms with Gasteiger partial charge in [0.25, 0.3) is 0 Å². The van der Waals surface area contributed by atoms with Gasteiger partial charge in [0.2, 0.25) is 0 Å². The second-order valence-corrected chi connectivity index (χ2v) is 4.97. The summed E-state index contributed by atoms with van der Waals surface area (Å²) in [5, 5.41) is 13.4. The van der Waals surface area contributed by atoms with Crippen molar-refractivity contribution < 1.29 is 14.2 Å². The van der Waals surface area contributed by atoms with E-state index in [-0.39, 0.29) is 11.9 Å². The maximum Gasteiger partial charge on any atom is 0.123 e. The number of nitrogens with one attached hydrogen (secondary N) is 1. The molecule has 0 saturated carbocycles. The predicted octanol–water partition coefficient (Wildman–Crippen LogP) is 3.22. The van der Waals surface area contributed by atoms with Crippen LogP contribution >= 0.6 is 0 Å². The fourth-order valence-electron chi connectivity index (χ4n) is 2.12. The van der Waals surface area contributed by atoms with Gasteiger partial charge in [-0.1, -0.05) is 24.3 Å². The molecule has 0 aliphatic carbocycles. The highest BCUT2D eigenvalue weighted by molar-refractivity contribution is 5.30. The zero-order valence-electron chi connectivity index (χ0n) is 12.2. The maximum atomic E-state index is 12.9. The molecule has 1 unspecified atom stereocenters. The molecule has 0 spiro atoms. The van der Waals surface area contributed by atoms with Crippen LogP contribution in [0.5, 0.6) is 5.75 Å². The SMILES string of the molecule is COc1cccc(C(O)CN[C@@H](C)c2ccc(F)cc2)c1. The second-order valence-electron chi connectivity index (χ2n) is 4.97. The Labute approximate surface area is 124 Å². The largest absolute Gasteiger partial charge is 0.497 e. The first kappa shape index (κ1) is 15.5. The van der Waals surface area contributed by atoms with E-state index in [4.69, 9.17) is 4.74 Å². The minimum atomic E-state index is -0.622. The van der Waals surface area contributed by atoms with Crippen LogP contribution in [0.1, 0.15) is 30.2 Å². The first-order valence-corrected chi connectivity index (χ1v) is 6.91. The molecule has 2 N–H and O–H groups in total. The Morgan fingerprint density at radius 2 is 1.86 bits per heavy atom. The van der Waals surface area contributed by atoms with Crippen LogP contribution in [-0.4, -0.2) is 18.8 Å². The summed E-state index contributed by atoms with van der Waals surface area (Å²) in [5.74, 6) is 0.473. The van der Waals surface area contributed by atoms with Gasteiger partial charge in [0.15, 0.2) is 0 Å². The zero-order valence-corrected chi connectivity index (χ0v) is 12.2. The second kappa shape index (κ2) is 7.20. The molecule has 21 heavy (non-hydrogen) atoms. The Morgan fingerprint density at radius 3 is 2.52 bits per heavy atom. The fourth-order valence-corrected chi connectivity index (χ4v) is 2.12. The monoisotopic (exact) mass is 289 g/mol. The number of methoxy groups -OCH3 is 1. The van der Waals surface area contributed by atoms with Crippen molar-refractivity contribution in [2.45, 2.75) is 19.1 Å². The van der Waals surface area contributed by atoms with Gasteiger partial charge in [-0.05, 0) is 42.3 Å². The number of aliphatic hydroxyl groups excluding tert-OH is 1. The van der Waals surface area contributed by atoms with E-state index in [1.807, 2.05) is 31.2 Å². The fraction of sp³-hybridized carbons (Fsp3) is 0.294. The van der Waals surface area contributed by atoms with E-state index in [0.717, 1.165) is 16.9 Å². The van der Waals surface area contributed by atoms with Crippen molar-refractivity contribution in [2.75, 3.05) is 13.7 Å². The molecule has 2 aromatic rings. The molecule has 0 amide bonds. The summed E-state index contributed by atoms with van der Waals surface area (Å²) in [6.07, 6.45) is -0.622. The van der Waals surface area contributed by atoms with Crippen molar-refractivity contribution in [1.29, 1.82) is 0 Å². The van der Waals surface area contributed by atoms with Gasteiger partial charge in [-0.2, -0.15) is 0 Å². The van der Waals surface area contributed by atoms with E-state index in [9.17, 15) is 9.50 Å². The molecule has 2 rings (SSSR count). The Morgan fingerprint density at radius 1 is 1.14 bits per heavy atom. The van der Waals surface area contributed by atoms with Crippen LogP contribution < -0.4 is 10.1 Å². The lowest BCUT2D eigenvalue weighted by Gasteiger charge is -2.18. The van der Waals surface area contributed by atoms with Gasteiger partial charge in [0.1, 0.15) is 11.6 Å². The summed E-state index contributed by atoms with van der Waals surface area (Å²) in [6, 6.07) is 13.7. The van der Waals surface area contributed by atoms with Crippen molar-refractivity contribution in [3.63, 3.8) is 0 Å². The lowest BCUT2D eigenvalue weighted by atomic mass is 10.1. The van der Waals surface area contributed by atoms with E-state index < -0.39 is 6.10 Å². The number of hydrogen-bond acceptors (Lipinski definition) is 3. The summed E-state index contributed by atoms with van der Waals surface area (Å²) < 4.78 is 18.0. The van der Waals surface area contributed by atoms with Gasteiger partial charge in [-0.25, -0.2) is 4.39 Å². The summed E-state index contributed by atoms with van der Waals surface area (Å²) >= 11 is 0. The van der Waals surface area contributed by atoms with Gasteiger partial charge in [0, 0.05) is 12.6 Å². The Balaban J connectivity index is 1.93. The molecule has 4 heteroatoms. The highest BCUT2D eigenvalue weighted by Crippen LogP contribution is 2.20. The van der Waals surface area contributed by atoms with Gasteiger partial charge in [0.05, 0.1) is 13.2 Å². The third kappa shape index (κ3) is 4.28. The van der Waals surface area contributed by atoms with Crippen molar-refractivity contribution in [3.8, 4) is 5.75 Å².